The Balaban J connectivity index is 1.79. The zero-order valence-corrected chi connectivity index (χ0v) is 13.4. The third-order valence-electron chi connectivity index (χ3n) is 4.00. The molecule has 2 N–H and O–H groups in total. The molecule has 2 aliphatic rings. The van der Waals surface area contributed by atoms with E-state index in [1.54, 1.807) is 0 Å². The number of fused-ring (bicyclic) bond motifs is 1. The summed E-state index contributed by atoms with van der Waals surface area (Å²) in [5, 5.41) is 2.79. The highest BCUT2D eigenvalue weighted by molar-refractivity contribution is 7.93. The predicted octanol–water partition coefficient (Wildman–Crippen LogP) is 1.89. The van der Waals surface area contributed by atoms with Crippen molar-refractivity contribution in [3.8, 4) is 0 Å². The number of hydrogen-bond donors (Lipinski definition) is 2. The van der Waals surface area contributed by atoms with Gasteiger partial charge in [0.2, 0.25) is 10.0 Å². The highest BCUT2D eigenvalue weighted by Crippen LogP contribution is 2.29. The SMILES string of the molecule is O=C1NCCCc2nc(NS(=O)(=O)C3CCCCC3)sc21. The molecule has 116 valence electrons. The van der Waals surface area contributed by atoms with Gasteiger partial charge in [0.25, 0.3) is 5.91 Å². The number of nitrogens with one attached hydrogen (secondary N) is 2. The highest BCUT2D eigenvalue weighted by atomic mass is 32.2. The quantitative estimate of drug-likeness (QED) is 0.886. The first kappa shape index (κ1) is 14.8. The molecule has 0 aromatic carbocycles. The minimum absolute atomic E-state index is 0.150. The minimum atomic E-state index is -3.40. The fourth-order valence-corrected chi connectivity index (χ4v) is 5.57. The maximum Gasteiger partial charge on any atom is 0.263 e. The van der Waals surface area contributed by atoms with Crippen LogP contribution in [0.5, 0.6) is 0 Å². The van der Waals surface area contributed by atoms with Crippen LogP contribution in [0.15, 0.2) is 0 Å². The number of amides is 1. The van der Waals surface area contributed by atoms with E-state index < -0.39 is 10.0 Å². The molecule has 8 heteroatoms. The maximum absolute atomic E-state index is 12.4. The van der Waals surface area contributed by atoms with Gasteiger partial charge < -0.3 is 5.32 Å². The van der Waals surface area contributed by atoms with Gasteiger partial charge in [0, 0.05) is 6.54 Å². The fraction of sp³-hybridized carbons (Fsp3) is 0.692. The summed E-state index contributed by atoms with van der Waals surface area (Å²) in [4.78, 5) is 16.7. The number of carbonyl (C=O) groups excluding carboxylic acids is 1. The Labute approximate surface area is 128 Å². The monoisotopic (exact) mass is 329 g/mol. The van der Waals surface area contributed by atoms with E-state index in [0.717, 1.165) is 37.0 Å². The summed E-state index contributed by atoms with van der Waals surface area (Å²) in [5.74, 6) is -0.150. The lowest BCUT2D eigenvalue weighted by Crippen LogP contribution is -2.29. The third kappa shape index (κ3) is 3.21. The Hall–Kier alpha value is -1.15. The lowest BCUT2D eigenvalue weighted by atomic mass is 10.0. The van der Waals surface area contributed by atoms with E-state index in [1.165, 1.54) is 0 Å². The molecular weight excluding hydrogens is 310 g/mol. The van der Waals surface area contributed by atoms with Crippen molar-refractivity contribution in [1.29, 1.82) is 0 Å². The second-order valence-corrected chi connectivity index (χ2v) is 8.52. The van der Waals surface area contributed by atoms with E-state index >= 15 is 0 Å². The van der Waals surface area contributed by atoms with Gasteiger partial charge in [0.15, 0.2) is 5.13 Å². The van der Waals surface area contributed by atoms with Gasteiger partial charge in [-0.1, -0.05) is 30.6 Å². The number of nitrogens with zero attached hydrogens (tertiary/aromatic N) is 1. The van der Waals surface area contributed by atoms with Crippen molar-refractivity contribution in [3.63, 3.8) is 0 Å². The summed E-state index contributed by atoms with van der Waals surface area (Å²) < 4.78 is 27.3. The van der Waals surface area contributed by atoms with Crippen molar-refractivity contribution in [2.75, 3.05) is 11.3 Å². The molecule has 0 atom stereocenters. The van der Waals surface area contributed by atoms with Crippen LogP contribution in [0.25, 0.3) is 0 Å². The molecule has 3 rings (SSSR count). The summed E-state index contributed by atoms with van der Waals surface area (Å²) in [6, 6.07) is 0. The second-order valence-electron chi connectivity index (χ2n) is 5.56. The van der Waals surface area contributed by atoms with Crippen LogP contribution in [0.3, 0.4) is 0 Å². The van der Waals surface area contributed by atoms with Gasteiger partial charge in [0.1, 0.15) is 4.88 Å². The first-order chi connectivity index (χ1) is 10.1. The van der Waals surface area contributed by atoms with Crippen molar-refractivity contribution in [2.24, 2.45) is 0 Å². The zero-order chi connectivity index (χ0) is 14.9. The van der Waals surface area contributed by atoms with Crippen molar-refractivity contribution in [1.82, 2.24) is 10.3 Å². The van der Waals surface area contributed by atoms with E-state index in [4.69, 9.17) is 0 Å². The number of sulfonamides is 1. The molecule has 0 spiro atoms. The van der Waals surface area contributed by atoms with E-state index in [1.807, 2.05) is 0 Å². The van der Waals surface area contributed by atoms with Gasteiger partial charge in [-0.3, -0.25) is 9.52 Å². The van der Waals surface area contributed by atoms with E-state index in [9.17, 15) is 13.2 Å². The minimum Gasteiger partial charge on any atom is -0.351 e. The molecule has 1 amide bonds. The van der Waals surface area contributed by atoms with Gasteiger partial charge in [-0.2, -0.15) is 0 Å². The van der Waals surface area contributed by atoms with Gasteiger partial charge >= 0.3 is 0 Å². The van der Waals surface area contributed by atoms with Crippen molar-refractivity contribution < 1.29 is 13.2 Å². The van der Waals surface area contributed by atoms with E-state index in [2.05, 4.69) is 15.0 Å². The molecule has 0 unspecified atom stereocenters. The molecule has 2 heterocycles. The van der Waals surface area contributed by atoms with Crippen molar-refractivity contribution >= 4 is 32.4 Å². The molecule has 0 radical (unpaired) electrons. The van der Waals surface area contributed by atoms with Crippen LogP contribution in [-0.2, 0) is 16.4 Å². The second kappa shape index (κ2) is 5.92. The van der Waals surface area contributed by atoms with Crippen LogP contribution in [-0.4, -0.2) is 31.1 Å². The number of hydrogen-bond acceptors (Lipinski definition) is 5. The number of carbonyl (C=O) groups is 1. The number of thiazole rings is 1. The molecule has 1 aliphatic heterocycles. The average Bonchev–Trinajstić information content (AvgIpc) is 2.78. The number of rotatable bonds is 3. The van der Waals surface area contributed by atoms with Crippen LogP contribution in [0.1, 0.15) is 53.9 Å². The zero-order valence-electron chi connectivity index (χ0n) is 11.7. The summed E-state index contributed by atoms with van der Waals surface area (Å²) in [5.41, 5.74) is 0.705. The van der Waals surface area contributed by atoms with Crippen LogP contribution < -0.4 is 10.0 Å². The van der Waals surface area contributed by atoms with Gasteiger partial charge in [-0.05, 0) is 25.7 Å². The molecular formula is C13H19N3O3S2. The summed E-state index contributed by atoms with van der Waals surface area (Å²) >= 11 is 1.13. The van der Waals surface area contributed by atoms with Crippen LogP contribution in [0, 0.1) is 0 Å². The molecule has 1 aliphatic carbocycles. The Bertz CT molecular complexity index is 633. The molecule has 1 aromatic rings. The Morgan fingerprint density at radius 3 is 2.71 bits per heavy atom. The molecule has 21 heavy (non-hydrogen) atoms. The highest BCUT2D eigenvalue weighted by Gasteiger charge is 2.29. The number of anilines is 1. The molecule has 1 fully saturated rings. The van der Waals surface area contributed by atoms with Gasteiger partial charge in [-0.15, -0.1) is 0 Å². The summed E-state index contributed by atoms with van der Waals surface area (Å²) in [6.07, 6.45) is 5.98. The molecule has 6 nitrogen and oxygen atoms in total. The topological polar surface area (TPSA) is 88.2 Å². The van der Waals surface area contributed by atoms with Crippen LogP contribution >= 0.6 is 11.3 Å². The first-order valence-electron chi connectivity index (χ1n) is 7.36. The van der Waals surface area contributed by atoms with Crippen LogP contribution in [0.4, 0.5) is 5.13 Å². The predicted molar refractivity (Wildman–Crippen MR) is 82.2 cm³/mol. The molecule has 0 bridgehead atoms. The normalized spacial score (nSPS) is 20.5. The largest absolute Gasteiger partial charge is 0.351 e. The first-order valence-corrected chi connectivity index (χ1v) is 9.72. The molecule has 1 aromatic heterocycles. The van der Waals surface area contributed by atoms with Gasteiger partial charge in [-0.25, -0.2) is 13.4 Å². The number of aryl methyl sites for hydroxylation is 1. The third-order valence-corrected chi connectivity index (χ3v) is 6.97. The fourth-order valence-electron chi connectivity index (χ4n) is 2.86. The smallest absolute Gasteiger partial charge is 0.263 e. The standard InChI is InChI=1S/C13H19N3O3S2/c17-12-11-10(7-4-8-14-12)15-13(20-11)16-21(18,19)9-5-2-1-3-6-9/h9H,1-8H2,(H,14,17)(H,15,16). The van der Waals surface area contributed by atoms with Crippen LogP contribution in [0.2, 0.25) is 0 Å². The van der Waals surface area contributed by atoms with E-state index in [-0.39, 0.29) is 11.2 Å². The Morgan fingerprint density at radius 1 is 1.19 bits per heavy atom. The lowest BCUT2D eigenvalue weighted by molar-refractivity contribution is 0.0960. The average molecular weight is 329 g/mol. The van der Waals surface area contributed by atoms with E-state index in [0.29, 0.717) is 41.5 Å². The van der Waals surface area contributed by atoms with Crippen molar-refractivity contribution in [3.05, 3.63) is 10.6 Å². The van der Waals surface area contributed by atoms with Crippen molar-refractivity contribution in [2.45, 2.75) is 50.2 Å². The molecule has 0 saturated heterocycles. The van der Waals surface area contributed by atoms with Gasteiger partial charge in [0.05, 0.1) is 10.9 Å². The molecule has 1 saturated carbocycles. The Kier molecular flexibility index (Phi) is 4.17. The number of aromatic nitrogens is 1. The Morgan fingerprint density at radius 2 is 1.95 bits per heavy atom. The summed E-state index contributed by atoms with van der Waals surface area (Å²) in [7, 11) is -3.40. The maximum atomic E-state index is 12.4. The summed E-state index contributed by atoms with van der Waals surface area (Å²) in [6.45, 7) is 0.644. The lowest BCUT2D eigenvalue weighted by Gasteiger charge is -2.21.